The van der Waals surface area contributed by atoms with Crippen LogP contribution < -0.4 is 16.2 Å². The monoisotopic (exact) mass is 389 g/mol. The van der Waals surface area contributed by atoms with Crippen LogP contribution in [0.4, 0.5) is 20.2 Å². The summed E-state index contributed by atoms with van der Waals surface area (Å²) in [6.07, 6.45) is 4.69. The number of hydrogen-bond acceptors (Lipinski definition) is 3. The van der Waals surface area contributed by atoms with E-state index < -0.39 is 17.2 Å². The predicted molar refractivity (Wildman–Crippen MR) is 110 cm³/mol. The number of hydrogen-bond donors (Lipinski definition) is 3. The zero-order valence-corrected chi connectivity index (χ0v) is 16.5. The van der Waals surface area contributed by atoms with Crippen LogP contribution in [0.15, 0.2) is 48.5 Å². The Morgan fingerprint density at radius 2 is 1.54 bits per heavy atom. The van der Waals surface area contributed by atoms with Gasteiger partial charge in [0.15, 0.2) is 11.6 Å². The van der Waals surface area contributed by atoms with Crippen molar-refractivity contribution in [1.82, 2.24) is 5.43 Å². The van der Waals surface area contributed by atoms with Gasteiger partial charge in [-0.05, 0) is 37.1 Å². The first-order valence-electron chi connectivity index (χ1n) is 9.85. The fourth-order valence-corrected chi connectivity index (χ4v) is 3.11. The first kappa shape index (κ1) is 21.7. The van der Waals surface area contributed by atoms with E-state index in [0.29, 0.717) is 18.5 Å². The topological polar surface area (TPSA) is 53.2 Å². The van der Waals surface area contributed by atoms with Crippen LogP contribution in [0, 0.1) is 11.6 Å². The Bertz CT molecular complexity index is 745. The number of benzene rings is 2. The smallest absolute Gasteiger partial charge is 0.263 e. The number of hydrazine groups is 1. The van der Waals surface area contributed by atoms with Crippen molar-refractivity contribution in [2.24, 2.45) is 0 Å². The van der Waals surface area contributed by atoms with E-state index >= 15 is 0 Å². The second-order valence-corrected chi connectivity index (χ2v) is 6.99. The third kappa shape index (κ3) is 5.94. The molecule has 0 spiro atoms. The van der Waals surface area contributed by atoms with Crippen LogP contribution >= 0.6 is 0 Å². The summed E-state index contributed by atoms with van der Waals surface area (Å²) in [6, 6.07) is 13.0. The van der Waals surface area contributed by atoms with Gasteiger partial charge in [-0.15, -0.1) is 0 Å². The minimum atomic E-state index is -0.937. The predicted octanol–water partition coefficient (Wildman–Crippen LogP) is 5.64. The molecule has 0 heterocycles. The standard InChI is InChI=1S/C22H29F2N3O/c1-3-5-14-22(15-6-4-2,25-18-12-13-19(23)20(24)16-18)21(28)27-26-17-10-8-7-9-11-17/h7-13,16,25-26H,3-6,14-15H2,1-2H3,(H,27,28). The fourth-order valence-electron chi connectivity index (χ4n) is 3.11. The lowest BCUT2D eigenvalue weighted by Gasteiger charge is -2.35. The zero-order chi connectivity index (χ0) is 20.4. The second kappa shape index (κ2) is 10.6. The van der Waals surface area contributed by atoms with Crippen LogP contribution in [0.2, 0.25) is 0 Å². The van der Waals surface area contributed by atoms with Gasteiger partial charge in [0.1, 0.15) is 5.54 Å². The van der Waals surface area contributed by atoms with Gasteiger partial charge < -0.3 is 5.32 Å². The van der Waals surface area contributed by atoms with Crippen molar-refractivity contribution < 1.29 is 13.6 Å². The molecule has 28 heavy (non-hydrogen) atoms. The van der Waals surface area contributed by atoms with Crippen LogP contribution in [0.5, 0.6) is 0 Å². The number of carbonyl (C=O) groups excluding carboxylic acids is 1. The van der Waals surface area contributed by atoms with Gasteiger partial charge in [0.05, 0.1) is 5.69 Å². The number of para-hydroxylation sites is 1. The lowest BCUT2D eigenvalue weighted by atomic mass is 9.85. The Morgan fingerprint density at radius 1 is 0.893 bits per heavy atom. The first-order valence-corrected chi connectivity index (χ1v) is 9.85. The molecule has 2 rings (SSSR count). The molecule has 152 valence electrons. The van der Waals surface area contributed by atoms with Crippen molar-refractivity contribution in [2.45, 2.75) is 57.9 Å². The number of nitrogens with one attached hydrogen (secondary N) is 3. The van der Waals surface area contributed by atoms with E-state index in [1.165, 1.54) is 6.07 Å². The van der Waals surface area contributed by atoms with E-state index in [4.69, 9.17) is 0 Å². The molecule has 1 amide bonds. The van der Waals surface area contributed by atoms with Gasteiger partial charge in [-0.3, -0.25) is 15.6 Å². The lowest BCUT2D eigenvalue weighted by Crippen LogP contribution is -2.54. The summed E-state index contributed by atoms with van der Waals surface area (Å²) in [6.45, 7) is 4.12. The Kier molecular flexibility index (Phi) is 8.23. The second-order valence-electron chi connectivity index (χ2n) is 6.99. The third-order valence-electron chi connectivity index (χ3n) is 4.75. The van der Waals surface area contributed by atoms with Crippen molar-refractivity contribution in [3.63, 3.8) is 0 Å². The third-order valence-corrected chi connectivity index (χ3v) is 4.75. The van der Waals surface area contributed by atoms with Gasteiger partial charge in [0.25, 0.3) is 5.91 Å². The molecule has 0 aliphatic heterocycles. The fraction of sp³-hybridized carbons (Fsp3) is 0.409. The lowest BCUT2D eigenvalue weighted by molar-refractivity contribution is -0.125. The van der Waals surface area contributed by atoms with Gasteiger partial charge >= 0.3 is 0 Å². The summed E-state index contributed by atoms with van der Waals surface area (Å²) in [5.41, 5.74) is 5.96. The van der Waals surface area contributed by atoms with E-state index in [9.17, 15) is 13.6 Å². The Hall–Kier alpha value is -2.63. The molecule has 3 N–H and O–H groups in total. The van der Waals surface area contributed by atoms with Crippen molar-refractivity contribution in [3.05, 3.63) is 60.2 Å². The van der Waals surface area contributed by atoms with Crippen LogP contribution in [0.25, 0.3) is 0 Å². The SMILES string of the molecule is CCCCC(CCCC)(Nc1ccc(F)c(F)c1)C(=O)NNc1ccccc1. The highest BCUT2D eigenvalue weighted by molar-refractivity contribution is 5.90. The molecule has 0 aliphatic carbocycles. The Balaban J connectivity index is 2.25. The summed E-state index contributed by atoms with van der Waals surface area (Å²) < 4.78 is 27.0. The van der Waals surface area contributed by atoms with Crippen molar-refractivity contribution >= 4 is 17.3 Å². The van der Waals surface area contributed by atoms with Crippen molar-refractivity contribution in [3.8, 4) is 0 Å². The van der Waals surface area contributed by atoms with E-state index in [1.807, 2.05) is 30.3 Å². The van der Waals surface area contributed by atoms with Gasteiger partial charge in [-0.1, -0.05) is 57.7 Å². The summed E-state index contributed by atoms with van der Waals surface area (Å²) in [4.78, 5) is 13.2. The molecule has 4 nitrogen and oxygen atoms in total. The number of unbranched alkanes of at least 4 members (excludes halogenated alkanes) is 2. The van der Waals surface area contributed by atoms with Gasteiger partial charge in [-0.2, -0.15) is 0 Å². The molecule has 0 aliphatic rings. The van der Waals surface area contributed by atoms with E-state index in [-0.39, 0.29) is 5.91 Å². The minimum Gasteiger partial charge on any atom is -0.371 e. The number of anilines is 2. The maximum atomic E-state index is 13.7. The van der Waals surface area contributed by atoms with Gasteiger partial charge in [-0.25, -0.2) is 8.78 Å². The molecule has 0 atom stereocenters. The molecule has 0 bridgehead atoms. The van der Waals surface area contributed by atoms with E-state index in [2.05, 4.69) is 30.0 Å². The normalized spacial score (nSPS) is 11.1. The molecule has 2 aromatic carbocycles. The highest BCUT2D eigenvalue weighted by atomic mass is 19.2. The highest BCUT2D eigenvalue weighted by Crippen LogP contribution is 2.28. The molecular weight excluding hydrogens is 360 g/mol. The number of carbonyl (C=O) groups is 1. The van der Waals surface area contributed by atoms with E-state index in [0.717, 1.165) is 43.5 Å². The molecule has 2 aromatic rings. The van der Waals surface area contributed by atoms with Crippen LogP contribution in [0.1, 0.15) is 52.4 Å². The molecule has 0 unspecified atom stereocenters. The molecule has 0 saturated heterocycles. The van der Waals surface area contributed by atoms with E-state index in [1.54, 1.807) is 0 Å². The highest BCUT2D eigenvalue weighted by Gasteiger charge is 2.37. The number of amides is 1. The number of halogens is 2. The summed E-state index contributed by atoms with van der Waals surface area (Å²) in [5.74, 6) is -2.07. The Labute approximate surface area is 165 Å². The van der Waals surface area contributed by atoms with Crippen molar-refractivity contribution in [1.29, 1.82) is 0 Å². The molecule has 6 heteroatoms. The zero-order valence-electron chi connectivity index (χ0n) is 16.5. The van der Waals surface area contributed by atoms with Gasteiger partial charge in [0, 0.05) is 11.8 Å². The number of rotatable bonds is 11. The van der Waals surface area contributed by atoms with Crippen LogP contribution in [-0.2, 0) is 4.79 Å². The summed E-state index contributed by atoms with van der Waals surface area (Å²) in [7, 11) is 0. The first-order chi connectivity index (χ1) is 13.5. The van der Waals surface area contributed by atoms with Crippen LogP contribution in [0.3, 0.4) is 0 Å². The average molecular weight is 389 g/mol. The summed E-state index contributed by atoms with van der Waals surface area (Å²) in [5, 5.41) is 3.21. The van der Waals surface area contributed by atoms with Crippen LogP contribution in [-0.4, -0.2) is 11.4 Å². The minimum absolute atomic E-state index is 0.219. The molecule has 0 saturated carbocycles. The molecule has 0 fully saturated rings. The van der Waals surface area contributed by atoms with Gasteiger partial charge in [0.2, 0.25) is 0 Å². The molecule has 0 radical (unpaired) electrons. The Morgan fingerprint density at radius 3 is 2.11 bits per heavy atom. The van der Waals surface area contributed by atoms with Crippen molar-refractivity contribution in [2.75, 3.05) is 10.7 Å². The average Bonchev–Trinajstić information content (AvgIpc) is 2.71. The molecular formula is C22H29F2N3O. The maximum Gasteiger partial charge on any atom is 0.263 e. The summed E-state index contributed by atoms with van der Waals surface area (Å²) >= 11 is 0. The molecule has 0 aromatic heterocycles. The largest absolute Gasteiger partial charge is 0.371 e. The maximum absolute atomic E-state index is 13.7. The quantitative estimate of drug-likeness (QED) is 0.436.